The van der Waals surface area contributed by atoms with E-state index in [2.05, 4.69) is 31.8 Å². The van der Waals surface area contributed by atoms with Crippen molar-refractivity contribution in [2.45, 2.75) is 45.5 Å². The Morgan fingerprint density at radius 1 is 1.42 bits per heavy atom. The third-order valence-corrected chi connectivity index (χ3v) is 5.48. The Labute approximate surface area is 115 Å². The summed E-state index contributed by atoms with van der Waals surface area (Å²) in [5.74, 6) is 0.643. The van der Waals surface area contributed by atoms with Crippen LogP contribution in [0.25, 0.3) is 0 Å². The summed E-state index contributed by atoms with van der Waals surface area (Å²) in [4.78, 5) is 12.1. The lowest BCUT2D eigenvalue weighted by Crippen LogP contribution is -2.43. The number of hydrogen-bond donors (Lipinski definition) is 0. The maximum absolute atomic E-state index is 12.1. The molecule has 0 aliphatic carbocycles. The SMILES string of the molecule is CCOC(=O)[C@]1(C)Cc2cccc([Si](C)(C)C)c2O1. The lowest BCUT2D eigenvalue weighted by molar-refractivity contribution is -0.158. The van der Waals surface area contributed by atoms with E-state index in [1.54, 1.807) is 0 Å². The molecule has 1 heterocycles. The van der Waals surface area contributed by atoms with Gasteiger partial charge >= 0.3 is 5.97 Å². The Hall–Kier alpha value is -1.29. The molecule has 0 aromatic heterocycles. The number of hydrogen-bond acceptors (Lipinski definition) is 3. The first-order valence-corrected chi connectivity index (χ1v) is 10.3. The van der Waals surface area contributed by atoms with Crippen molar-refractivity contribution in [3.8, 4) is 5.75 Å². The van der Waals surface area contributed by atoms with E-state index in [9.17, 15) is 4.79 Å². The number of rotatable bonds is 3. The number of benzene rings is 1. The van der Waals surface area contributed by atoms with Gasteiger partial charge in [0.05, 0.1) is 14.7 Å². The first-order chi connectivity index (χ1) is 8.78. The van der Waals surface area contributed by atoms with Gasteiger partial charge < -0.3 is 9.47 Å². The molecular formula is C15H22O3Si. The normalized spacial score (nSPS) is 21.7. The highest BCUT2D eigenvalue weighted by Crippen LogP contribution is 2.35. The number of para-hydroxylation sites is 1. The minimum Gasteiger partial charge on any atom is -0.475 e. The molecule has 0 radical (unpaired) electrons. The van der Waals surface area contributed by atoms with Crippen LogP contribution in [-0.2, 0) is 16.0 Å². The molecular weight excluding hydrogens is 256 g/mol. The van der Waals surface area contributed by atoms with Crippen LogP contribution in [0.3, 0.4) is 0 Å². The zero-order chi connectivity index (χ0) is 14.3. The molecule has 2 rings (SSSR count). The van der Waals surface area contributed by atoms with E-state index in [1.165, 1.54) is 5.19 Å². The molecule has 0 N–H and O–H groups in total. The number of carbonyl (C=O) groups is 1. The van der Waals surface area contributed by atoms with E-state index < -0.39 is 13.7 Å². The predicted molar refractivity (Wildman–Crippen MR) is 78.8 cm³/mol. The minimum absolute atomic E-state index is 0.271. The van der Waals surface area contributed by atoms with Crippen LogP contribution in [0.4, 0.5) is 0 Å². The second kappa shape index (κ2) is 4.67. The fourth-order valence-corrected chi connectivity index (χ4v) is 3.95. The molecule has 1 aliphatic rings. The number of carbonyl (C=O) groups excluding carboxylic acids is 1. The number of esters is 1. The highest BCUT2D eigenvalue weighted by atomic mass is 28.3. The van der Waals surface area contributed by atoms with Crippen LogP contribution >= 0.6 is 0 Å². The van der Waals surface area contributed by atoms with Gasteiger partial charge in [0.2, 0.25) is 5.60 Å². The van der Waals surface area contributed by atoms with Gasteiger partial charge in [-0.25, -0.2) is 4.79 Å². The van der Waals surface area contributed by atoms with E-state index in [0.717, 1.165) is 11.3 Å². The maximum atomic E-state index is 12.1. The summed E-state index contributed by atoms with van der Waals surface area (Å²) in [6, 6.07) is 6.23. The van der Waals surface area contributed by atoms with Crippen LogP contribution in [-0.4, -0.2) is 26.3 Å². The summed E-state index contributed by atoms with van der Waals surface area (Å²) in [7, 11) is -1.48. The Balaban J connectivity index is 2.37. The quantitative estimate of drug-likeness (QED) is 0.629. The topological polar surface area (TPSA) is 35.5 Å². The largest absolute Gasteiger partial charge is 0.475 e. The van der Waals surface area contributed by atoms with Crippen LogP contribution in [0.2, 0.25) is 19.6 Å². The summed E-state index contributed by atoms with van der Waals surface area (Å²) in [5, 5.41) is 1.28. The standard InChI is InChI=1S/C15H22O3Si/c1-6-17-14(16)15(2)10-11-8-7-9-12(13(11)18-15)19(3,4)5/h7-9H,6,10H2,1-5H3/t15-/m0/s1. The van der Waals surface area contributed by atoms with Crippen molar-refractivity contribution in [2.75, 3.05) is 6.61 Å². The third kappa shape index (κ3) is 2.54. The van der Waals surface area contributed by atoms with Crippen LogP contribution in [0, 0.1) is 0 Å². The maximum Gasteiger partial charge on any atom is 0.350 e. The fraction of sp³-hybridized carbons (Fsp3) is 0.533. The molecule has 19 heavy (non-hydrogen) atoms. The molecule has 4 heteroatoms. The van der Waals surface area contributed by atoms with Crippen molar-refractivity contribution in [1.82, 2.24) is 0 Å². The van der Waals surface area contributed by atoms with Crippen LogP contribution in [0.5, 0.6) is 5.75 Å². The summed E-state index contributed by atoms with van der Waals surface area (Å²) in [6.07, 6.45) is 0.597. The van der Waals surface area contributed by atoms with Gasteiger partial charge in [-0.2, -0.15) is 0 Å². The molecule has 104 valence electrons. The van der Waals surface area contributed by atoms with Crippen molar-refractivity contribution in [2.24, 2.45) is 0 Å². The molecule has 0 saturated heterocycles. The minimum atomic E-state index is -1.48. The summed E-state index contributed by atoms with van der Waals surface area (Å²) >= 11 is 0. The Morgan fingerprint density at radius 3 is 2.68 bits per heavy atom. The van der Waals surface area contributed by atoms with Gasteiger partial charge in [-0.15, -0.1) is 0 Å². The lowest BCUT2D eigenvalue weighted by Gasteiger charge is -2.24. The highest BCUT2D eigenvalue weighted by molar-refractivity contribution is 6.89. The van der Waals surface area contributed by atoms with E-state index in [1.807, 2.05) is 19.9 Å². The average molecular weight is 278 g/mol. The van der Waals surface area contributed by atoms with E-state index in [0.29, 0.717) is 13.0 Å². The van der Waals surface area contributed by atoms with Gasteiger partial charge in [0, 0.05) is 6.42 Å². The van der Waals surface area contributed by atoms with Crippen molar-refractivity contribution in [3.05, 3.63) is 23.8 Å². The summed E-state index contributed by atoms with van der Waals surface area (Å²) in [6.45, 7) is 10.9. The van der Waals surface area contributed by atoms with Crippen molar-refractivity contribution in [3.63, 3.8) is 0 Å². The van der Waals surface area contributed by atoms with Gasteiger partial charge in [0.15, 0.2) is 0 Å². The van der Waals surface area contributed by atoms with Crippen LogP contribution in [0.15, 0.2) is 18.2 Å². The summed E-state index contributed by atoms with van der Waals surface area (Å²) in [5.41, 5.74) is 0.254. The van der Waals surface area contributed by atoms with Crippen molar-refractivity contribution < 1.29 is 14.3 Å². The molecule has 0 bridgehead atoms. The van der Waals surface area contributed by atoms with E-state index >= 15 is 0 Å². The smallest absolute Gasteiger partial charge is 0.350 e. The molecule has 3 nitrogen and oxygen atoms in total. The van der Waals surface area contributed by atoms with Gasteiger partial charge in [-0.3, -0.25) is 0 Å². The molecule has 1 aromatic carbocycles. The third-order valence-electron chi connectivity index (χ3n) is 3.47. The van der Waals surface area contributed by atoms with Crippen LogP contribution < -0.4 is 9.92 Å². The predicted octanol–water partition coefficient (Wildman–Crippen LogP) is 2.49. The molecule has 0 unspecified atom stereocenters. The molecule has 0 spiro atoms. The van der Waals surface area contributed by atoms with Gasteiger partial charge in [-0.05, 0) is 24.6 Å². The first kappa shape index (κ1) is 14.1. The molecule has 1 aliphatic heterocycles. The van der Waals surface area contributed by atoms with Gasteiger partial charge in [0.25, 0.3) is 0 Å². The van der Waals surface area contributed by atoms with E-state index in [-0.39, 0.29) is 5.97 Å². The zero-order valence-electron chi connectivity index (χ0n) is 12.4. The van der Waals surface area contributed by atoms with Gasteiger partial charge in [0.1, 0.15) is 5.75 Å². The zero-order valence-corrected chi connectivity index (χ0v) is 13.4. The number of fused-ring (bicyclic) bond motifs is 1. The lowest BCUT2D eigenvalue weighted by atomic mass is 10.00. The Morgan fingerprint density at radius 2 is 2.11 bits per heavy atom. The summed E-state index contributed by atoms with van der Waals surface area (Å²) < 4.78 is 11.2. The second-order valence-electron chi connectivity index (χ2n) is 6.27. The van der Waals surface area contributed by atoms with Gasteiger partial charge in [-0.1, -0.05) is 37.8 Å². The van der Waals surface area contributed by atoms with E-state index in [4.69, 9.17) is 9.47 Å². The number of ether oxygens (including phenoxy) is 2. The van der Waals surface area contributed by atoms with Crippen molar-refractivity contribution in [1.29, 1.82) is 0 Å². The van der Waals surface area contributed by atoms with Crippen molar-refractivity contribution >= 4 is 19.2 Å². The second-order valence-corrected chi connectivity index (χ2v) is 11.3. The molecule has 0 amide bonds. The Kier molecular flexibility index (Phi) is 3.47. The fourth-order valence-electron chi connectivity index (χ4n) is 2.46. The molecule has 0 fully saturated rings. The molecule has 1 atom stereocenters. The molecule has 0 saturated carbocycles. The average Bonchev–Trinajstić information content (AvgIpc) is 2.65. The highest BCUT2D eigenvalue weighted by Gasteiger charge is 2.45. The monoisotopic (exact) mass is 278 g/mol. The van der Waals surface area contributed by atoms with Crippen LogP contribution in [0.1, 0.15) is 19.4 Å². The Bertz CT molecular complexity index is 505. The molecule has 1 aromatic rings. The first-order valence-electron chi connectivity index (χ1n) is 6.76.